The number of carbonyl (C=O) groups excluding carboxylic acids is 2. The Morgan fingerprint density at radius 1 is 0.767 bits per heavy atom. The van der Waals surface area contributed by atoms with Crippen molar-refractivity contribution < 1.29 is 19.1 Å². The van der Waals surface area contributed by atoms with Gasteiger partial charge in [0.05, 0.1) is 7.11 Å². The van der Waals surface area contributed by atoms with Gasteiger partial charge >= 0.3 is 0 Å². The second-order valence-electron chi connectivity index (χ2n) is 6.82. The average molecular weight is 404 g/mol. The highest BCUT2D eigenvalue weighted by molar-refractivity contribution is 6.04. The quantitative estimate of drug-likeness (QED) is 0.600. The highest BCUT2D eigenvalue weighted by Gasteiger charge is 2.15. The molecule has 0 saturated heterocycles. The van der Waals surface area contributed by atoms with Crippen molar-refractivity contribution in [3.05, 3.63) is 83.9 Å². The topological polar surface area (TPSA) is 76.7 Å². The Bertz CT molecular complexity index is 997. The number of aryl methyl sites for hydroxylation is 1. The molecule has 6 heteroatoms. The Morgan fingerprint density at radius 3 is 1.90 bits per heavy atom. The van der Waals surface area contributed by atoms with Crippen molar-refractivity contribution in [3.8, 4) is 11.5 Å². The number of hydrogen-bond donors (Lipinski definition) is 2. The third kappa shape index (κ3) is 5.61. The van der Waals surface area contributed by atoms with Crippen molar-refractivity contribution in [2.75, 3.05) is 17.7 Å². The molecule has 0 fully saturated rings. The highest BCUT2D eigenvalue weighted by Crippen LogP contribution is 2.18. The minimum atomic E-state index is -0.661. The zero-order valence-electron chi connectivity index (χ0n) is 17.1. The van der Waals surface area contributed by atoms with Crippen LogP contribution in [-0.4, -0.2) is 25.0 Å². The molecular formula is C24H24N2O4. The molecule has 0 aliphatic rings. The molecule has 30 heavy (non-hydrogen) atoms. The zero-order valence-corrected chi connectivity index (χ0v) is 17.1. The summed E-state index contributed by atoms with van der Waals surface area (Å²) >= 11 is 0. The average Bonchev–Trinajstić information content (AvgIpc) is 2.76. The first-order chi connectivity index (χ1) is 14.4. The van der Waals surface area contributed by atoms with Crippen molar-refractivity contribution >= 4 is 23.2 Å². The molecule has 0 bridgehead atoms. The lowest BCUT2D eigenvalue weighted by molar-refractivity contribution is -0.122. The first kappa shape index (κ1) is 20.9. The normalized spacial score (nSPS) is 11.3. The zero-order chi connectivity index (χ0) is 21.5. The number of amides is 2. The predicted molar refractivity (Wildman–Crippen MR) is 117 cm³/mol. The number of anilines is 2. The van der Waals surface area contributed by atoms with Gasteiger partial charge in [-0.05, 0) is 74.5 Å². The van der Waals surface area contributed by atoms with Crippen molar-refractivity contribution in [3.63, 3.8) is 0 Å². The molecule has 6 nitrogen and oxygen atoms in total. The number of benzene rings is 3. The van der Waals surface area contributed by atoms with Gasteiger partial charge in [-0.1, -0.05) is 17.7 Å². The Kier molecular flexibility index (Phi) is 6.70. The van der Waals surface area contributed by atoms with E-state index in [0.717, 1.165) is 5.56 Å². The summed E-state index contributed by atoms with van der Waals surface area (Å²) in [6.45, 7) is 3.67. The molecule has 0 heterocycles. The molecule has 0 aliphatic heterocycles. The number of nitrogens with one attached hydrogen (secondary N) is 2. The second kappa shape index (κ2) is 9.60. The maximum absolute atomic E-state index is 12.4. The summed E-state index contributed by atoms with van der Waals surface area (Å²) in [6.07, 6.45) is -0.661. The Balaban J connectivity index is 1.55. The molecule has 154 valence electrons. The van der Waals surface area contributed by atoms with E-state index in [0.29, 0.717) is 28.4 Å². The van der Waals surface area contributed by atoms with Gasteiger partial charge in [0.2, 0.25) is 0 Å². The van der Waals surface area contributed by atoms with Crippen LogP contribution in [0.15, 0.2) is 72.8 Å². The second-order valence-corrected chi connectivity index (χ2v) is 6.82. The van der Waals surface area contributed by atoms with Crippen molar-refractivity contribution in [1.29, 1.82) is 0 Å². The van der Waals surface area contributed by atoms with E-state index in [1.165, 1.54) is 0 Å². The SMILES string of the molecule is COc1ccc(NC(=O)c2ccc(NC(=O)C(C)Oc3ccc(C)cc3)cc2)cc1. The lowest BCUT2D eigenvalue weighted by Gasteiger charge is -2.15. The van der Waals surface area contributed by atoms with Gasteiger partial charge in [-0.2, -0.15) is 0 Å². The molecule has 1 unspecified atom stereocenters. The molecule has 2 amide bonds. The summed E-state index contributed by atoms with van der Waals surface area (Å²) in [5.41, 5.74) is 2.85. The van der Waals surface area contributed by atoms with Gasteiger partial charge in [0, 0.05) is 16.9 Å². The van der Waals surface area contributed by atoms with Gasteiger partial charge in [-0.3, -0.25) is 9.59 Å². The van der Waals surface area contributed by atoms with Crippen LogP contribution in [0.4, 0.5) is 11.4 Å². The molecule has 0 spiro atoms. The third-order valence-electron chi connectivity index (χ3n) is 4.47. The van der Waals surface area contributed by atoms with Crippen LogP contribution in [0.25, 0.3) is 0 Å². The van der Waals surface area contributed by atoms with Crippen molar-refractivity contribution in [2.45, 2.75) is 20.0 Å². The maximum atomic E-state index is 12.4. The number of methoxy groups -OCH3 is 1. The molecular weight excluding hydrogens is 380 g/mol. The first-order valence-electron chi connectivity index (χ1n) is 9.54. The Morgan fingerprint density at radius 2 is 1.30 bits per heavy atom. The Hall–Kier alpha value is -3.80. The third-order valence-corrected chi connectivity index (χ3v) is 4.47. The molecule has 2 N–H and O–H groups in total. The maximum Gasteiger partial charge on any atom is 0.265 e. The van der Waals surface area contributed by atoms with Crippen LogP contribution in [0.2, 0.25) is 0 Å². The van der Waals surface area contributed by atoms with Crippen LogP contribution in [0.1, 0.15) is 22.8 Å². The predicted octanol–water partition coefficient (Wildman–Crippen LogP) is 4.66. The van der Waals surface area contributed by atoms with Gasteiger partial charge in [0.1, 0.15) is 11.5 Å². The lowest BCUT2D eigenvalue weighted by atomic mass is 10.2. The number of ether oxygens (including phenoxy) is 2. The van der Waals surface area contributed by atoms with Gasteiger partial charge in [0.15, 0.2) is 6.10 Å². The molecule has 3 rings (SSSR count). The molecule has 0 aromatic heterocycles. The minimum Gasteiger partial charge on any atom is -0.497 e. The van der Waals surface area contributed by atoms with E-state index in [1.807, 2.05) is 31.2 Å². The van der Waals surface area contributed by atoms with E-state index in [1.54, 1.807) is 62.6 Å². The van der Waals surface area contributed by atoms with Gasteiger partial charge in [-0.15, -0.1) is 0 Å². The summed E-state index contributed by atoms with van der Waals surface area (Å²) < 4.78 is 10.8. The lowest BCUT2D eigenvalue weighted by Crippen LogP contribution is -2.30. The van der Waals surface area contributed by atoms with E-state index in [4.69, 9.17) is 9.47 Å². The largest absolute Gasteiger partial charge is 0.497 e. The highest BCUT2D eigenvalue weighted by atomic mass is 16.5. The number of rotatable bonds is 7. The van der Waals surface area contributed by atoms with E-state index >= 15 is 0 Å². The fraction of sp³-hybridized carbons (Fsp3) is 0.167. The number of hydrogen-bond acceptors (Lipinski definition) is 4. The summed E-state index contributed by atoms with van der Waals surface area (Å²) in [6, 6.07) is 21.2. The van der Waals surface area contributed by atoms with Crippen LogP contribution in [0, 0.1) is 6.92 Å². The first-order valence-corrected chi connectivity index (χ1v) is 9.54. The molecule has 0 radical (unpaired) electrons. The van der Waals surface area contributed by atoms with E-state index in [2.05, 4.69) is 10.6 Å². The van der Waals surface area contributed by atoms with E-state index in [9.17, 15) is 9.59 Å². The monoisotopic (exact) mass is 404 g/mol. The van der Waals surface area contributed by atoms with Crippen LogP contribution in [0.5, 0.6) is 11.5 Å². The smallest absolute Gasteiger partial charge is 0.265 e. The van der Waals surface area contributed by atoms with Crippen molar-refractivity contribution in [1.82, 2.24) is 0 Å². The van der Waals surface area contributed by atoms with Gasteiger partial charge < -0.3 is 20.1 Å². The van der Waals surface area contributed by atoms with E-state index < -0.39 is 6.10 Å². The fourth-order valence-corrected chi connectivity index (χ4v) is 2.70. The van der Waals surface area contributed by atoms with E-state index in [-0.39, 0.29) is 11.8 Å². The van der Waals surface area contributed by atoms with Crippen LogP contribution < -0.4 is 20.1 Å². The Labute approximate surface area is 175 Å². The molecule has 0 saturated carbocycles. The molecule has 3 aromatic carbocycles. The summed E-state index contributed by atoms with van der Waals surface area (Å²) in [7, 11) is 1.59. The molecule has 1 atom stereocenters. The van der Waals surface area contributed by atoms with Crippen LogP contribution in [-0.2, 0) is 4.79 Å². The summed E-state index contributed by atoms with van der Waals surface area (Å²) in [5.74, 6) is 0.836. The van der Waals surface area contributed by atoms with Crippen LogP contribution in [0.3, 0.4) is 0 Å². The summed E-state index contributed by atoms with van der Waals surface area (Å²) in [4.78, 5) is 24.8. The van der Waals surface area contributed by atoms with Crippen LogP contribution >= 0.6 is 0 Å². The summed E-state index contributed by atoms with van der Waals surface area (Å²) in [5, 5.41) is 5.61. The number of carbonyl (C=O) groups is 2. The van der Waals surface area contributed by atoms with Gasteiger partial charge in [-0.25, -0.2) is 0 Å². The molecule has 0 aliphatic carbocycles. The fourth-order valence-electron chi connectivity index (χ4n) is 2.70. The molecule has 3 aromatic rings. The standard InChI is InChI=1S/C24H24N2O4/c1-16-4-12-22(13-5-16)30-17(2)23(27)25-19-8-6-18(7-9-19)24(28)26-20-10-14-21(29-3)15-11-20/h4-15,17H,1-3H3,(H,25,27)(H,26,28). The van der Waals surface area contributed by atoms with Crippen molar-refractivity contribution in [2.24, 2.45) is 0 Å². The van der Waals surface area contributed by atoms with Gasteiger partial charge in [0.25, 0.3) is 11.8 Å². The minimum absolute atomic E-state index is 0.242.